The van der Waals surface area contributed by atoms with Gasteiger partial charge >= 0.3 is 0 Å². The van der Waals surface area contributed by atoms with Crippen LogP contribution in [-0.4, -0.2) is 23.8 Å². The second-order valence-corrected chi connectivity index (χ2v) is 5.32. The van der Waals surface area contributed by atoms with Gasteiger partial charge in [0.05, 0.1) is 5.84 Å². The summed E-state index contributed by atoms with van der Waals surface area (Å²) in [7, 11) is 2.01. The average Bonchev–Trinajstić information content (AvgIpc) is 2.67. The van der Waals surface area contributed by atoms with Crippen LogP contribution in [0.4, 0.5) is 0 Å². The van der Waals surface area contributed by atoms with Gasteiger partial charge in [0, 0.05) is 30.3 Å². The molecule has 1 heterocycles. The summed E-state index contributed by atoms with van der Waals surface area (Å²) in [6.07, 6.45) is 1.03. The van der Waals surface area contributed by atoms with Gasteiger partial charge in [-0.25, -0.2) is 0 Å². The number of hydrogen-bond donors (Lipinski definition) is 1. The van der Waals surface area contributed by atoms with Gasteiger partial charge in [0.15, 0.2) is 0 Å². The Bertz CT molecular complexity index is 303. The minimum Gasteiger partial charge on any atom is -0.360 e. The molecule has 0 aliphatic carbocycles. The molecule has 1 aromatic rings. The zero-order chi connectivity index (χ0) is 11.4. The van der Waals surface area contributed by atoms with Crippen molar-refractivity contribution in [3.05, 3.63) is 22.4 Å². The van der Waals surface area contributed by atoms with Crippen LogP contribution in [0.5, 0.6) is 0 Å². The van der Waals surface area contributed by atoms with Crippen molar-refractivity contribution < 1.29 is 0 Å². The van der Waals surface area contributed by atoms with E-state index in [1.807, 2.05) is 7.05 Å². The van der Waals surface area contributed by atoms with Crippen molar-refractivity contribution in [1.82, 2.24) is 4.90 Å². The van der Waals surface area contributed by atoms with Gasteiger partial charge in [-0.15, -0.1) is 11.3 Å². The summed E-state index contributed by atoms with van der Waals surface area (Å²) in [5.74, 6) is 1.03. The molecule has 0 fully saturated rings. The van der Waals surface area contributed by atoms with E-state index >= 15 is 0 Å². The fourth-order valence-electron chi connectivity index (χ4n) is 1.50. The summed E-state index contributed by atoms with van der Waals surface area (Å²) >= 11 is 1.79. The fourth-order valence-corrected chi connectivity index (χ4v) is 2.33. The van der Waals surface area contributed by atoms with E-state index in [9.17, 15) is 0 Å². The molecule has 0 amide bonds. The lowest BCUT2D eigenvalue weighted by atomic mass is 10.1. The van der Waals surface area contributed by atoms with E-state index in [1.165, 1.54) is 4.88 Å². The van der Waals surface area contributed by atoms with E-state index in [2.05, 4.69) is 43.2 Å². The lowest BCUT2D eigenvalue weighted by Crippen LogP contribution is -2.38. The molecule has 0 spiro atoms. The average molecular weight is 224 g/mol. The number of amidine groups is 1. The van der Waals surface area contributed by atoms with Gasteiger partial charge in [-0.3, -0.25) is 5.41 Å². The Morgan fingerprint density at radius 2 is 2.13 bits per heavy atom. The SMILES string of the molecule is CC(C)C(=N)N(C)C(C)Cc1cccs1. The summed E-state index contributed by atoms with van der Waals surface area (Å²) in [6.45, 7) is 6.31. The van der Waals surface area contributed by atoms with E-state index in [0.717, 1.165) is 12.3 Å². The first kappa shape index (κ1) is 12.2. The summed E-state index contributed by atoms with van der Waals surface area (Å²) in [5, 5.41) is 10.0. The van der Waals surface area contributed by atoms with E-state index < -0.39 is 0 Å². The largest absolute Gasteiger partial charge is 0.360 e. The Kier molecular flexibility index (Phi) is 4.33. The van der Waals surface area contributed by atoms with Crippen LogP contribution in [-0.2, 0) is 6.42 Å². The molecule has 84 valence electrons. The van der Waals surface area contributed by atoms with Crippen LogP contribution in [0.1, 0.15) is 25.6 Å². The van der Waals surface area contributed by atoms with Crippen LogP contribution in [0, 0.1) is 11.3 Å². The maximum absolute atomic E-state index is 7.94. The maximum Gasteiger partial charge on any atom is 0.0983 e. The third-order valence-electron chi connectivity index (χ3n) is 2.66. The van der Waals surface area contributed by atoms with E-state index in [4.69, 9.17) is 5.41 Å². The normalized spacial score (nSPS) is 12.9. The standard InChI is InChI=1S/C12H20N2S/c1-9(2)12(13)14(4)10(3)8-11-6-5-7-15-11/h5-7,9-10,13H,8H2,1-4H3. The Hall–Kier alpha value is -0.830. The van der Waals surface area contributed by atoms with Crippen molar-refractivity contribution in [2.45, 2.75) is 33.2 Å². The molecule has 0 saturated heterocycles. The predicted molar refractivity (Wildman–Crippen MR) is 67.8 cm³/mol. The lowest BCUT2D eigenvalue weighted by molar-refractivity contribution is 0.371. The molecule has 1 atom stereocenters. The second kappa shape index (κ2) is 5.31. The van der Waals surface area contributed by atoms with Crippen LogP contribution in [0.25, 0.3) is 0 Å². The maximum atomic E-state index is 7.94. The monoisotopic (exact) mass is 224 g/mol. The molecule has 0 bridgehead atoms. The molecular weight excluding hydrogens is 204 g/mol. The number of nitrogens with zero attached hydrogens (tertiary/aromatic N) is 1. The molecule has 0 radical (unpaired) electrons. The lowest BCUT2D eigenvalue weighted by Gasteiger charge is -2.28. The third-order valence-corrected chi connectivity index (χ3v) is 3.56. The summed E-state index contributed by atoms with van der Waals surface area (Å²) in [5.41, 5.74) is 0. The van der Waals surface area contributed by atoms with Gasteiger partial charge in [-0.05, 0) is 18.4 Å². The molecule has 0 saturated carbocycles. The Balaban J connectivity index is 2.53. The zero-order valence-electron chi connectivity index (χ0n) is 9.95. The highest BCUT2D eigenvalue weighted by atomic mass is 32.1. The number of thiophene rings is 1. The van der Waals surface area contributed by atoms with Crippen molar-refractivity contribution in [2.75, 3.05) is 7.05 Å². The smallest absolute Gasteiger partial charge is 0.0983 e. The molecule has 3 heteroatoms. The molecule has 0 aliphatic rings. The van der Waals surface area contributed by atoms with Gasteiger partial charge in [-0.1, -0.05) is 19.9 Å². The van der Waals surface area contributed by atoms with E-state index in [-0.39, 0.29) is 0 Å². The summed E-state index contributed by atoms with van der Waals surface area (Å²) in [4.78, 5) is 3.47. The first-order valence-corrected chi connectivity index (χ1v) is 6.24. The fraction of sp³-hybridized carbons (Fsp3) is 0.583. The van der Waals surface area contributed by atoms with E-state index in [1.54, 1.807) is 11.3 Å². The van der Waals surface area contributed by atoms with Gasteiger partial charge in [0.25, 0.3) is 0 Å². The zero-order valence-corrected chi connectivity index (χ0v) is 10.8. The van der Waals surface area contributed by atoms with Crippen LogP contribution < -0.4 is 0 Å². The summed E-state index contributed by atoms with van der Waals surface area (Å²) < 4.78 is 0. The molecule has 1 rings (SSSR count). The van der Waals surface area contributed by atoms with Gasteiger partial charge in [0.1, 0.15) is 0 Å². The predicted octanol–water partition coefficient (Wildman–Crippen LogP) is 3.24. The van der Waals surface area contributed by atoms with Crippen molar-refractivity contribution in [1.29, 1.82) is 5.41 Å². The van der Waals surface area contributed by atoms with Crippen molar-refractivity contribution in [3.8, 4) is 0 Å². The molecule has 1 N–H and O–H groups in total. The highest BCUT2D eigenvalue weighted by Crippen LogP contribution is 2.14. The minimum absolute atomic E-state index is 0.306. The quantitative estimate of drug-likeness (QED) is 0.617. The minimum atomic E-state index is 0.306. The van der Waals surface area contributed by atoms with Gasteiger partial charge in [0.2, 0.25) is 0 Å². The molecule has 1 aromatic heterocycles. The van der Waals surface area contributed by atoms with Gasteiger partial charge < -0.3 is 4.90 Å². The molecular formula is C12H20N2S. The molecule has 15 heavy (non-hydrogen) atoms. The highest BCUT2D eigenvalue weighted by molar-refractivity contribution is 7.09. The van der Waals surface area contributed by atoms with Crippen LogP contribution >= 0.6 is 11.3 Å². The van der Waals surface area contributed by atoms with Crippen molar-refractivity contribution in [2.24, 2.45) is 5.92 Å². The molecule has 1 unspecified atom stereocenters. The first-order chi connectivity index (χ1) is 7.02. The van der Waals surface area contributed by atoms with Crippen LogP contribution in [0.15, 0.2) is 17.5 Å². The number of hydrogen-bond acceptors (Lipinski definition) is 2. The highest BCUT2D eigenvalue weighted by Gasteiger charge is 2.15. The number of nitrogens with one attached hydrogen (secondary N) is 1. The second-order valence-electron chi connectivity index (χ2n) is 4.28. The van der Waals surface area contributed by atoms with Crippen LogP contribution in [0.3, 0.4) is 0 Å². The Morgan fingerprint density at radius 3 is 2.60 bits per heavy atom. The third kappa shape index (κ3) is 3.34. The number of likely N-dealkylation sites (N-methyl/N-ethyl adjacent to an activating group) is 1. The van der Waals surface area contributed by atoms with E-state index in [0.29, 0.717) is 12.0 Å². The molecule has 2 nitrogen and oxygen atoms in total. The molecule has 0 aromatic carbocycles. The van der Waals surface area contributed by atoms with Crippen LogP contribution in [0.2, 0.25) is 0 Å². The van der Waals surface area contributed by atoms with Crippen molar-refractivity contribution >= 4 is 17.2 Å². The Labute approximate surface area is 96.4 Å². The molecule has 0 aliphatic heterocycles. The first-order valence-electron chi connectivity index (χ1n) is 5.36. The Morgan fingerprint density at radius 1 is 1.47 bits per heavy atom. The topological polar surface area (TPSA) is 27.1 Å². The number of rotatable bonds is 4. The van der Waals surface area contributed by atoms with Gasteiger partial charge in [-0.2, -0.15) is 0 Å². The summed E-state index contributed by atoms with van der Waals surface area (Å²) in [6, 6.07) is 4.65. The van der Waals surface area contributed by atoms with Crippen molar-refractivity contribution in [3.63, 3.8) is 0 Å².